The fourth-order valence-corrected chi connectivity index (χ4v) is 1.89. The number of anilines is 4. The Hall–Kier alpha value is -2.16. The maximum absolute atomic E-state index is 5.83. The van der Waals surface area contributed by atoms with Crippen LogP contribution in [0.3, 0.4) is 0 Å². The highest BCUT2D eigenvalue weighted by molar-refractivity contribution is 5.66. The SMILES string of the molecule is Cc1cc(N)cc(Nc2ccc(N(C)C)cc2)c1. The molecule has 0 amide bonds. The molecule has 0 heterocycles. The molecule has 3 nitrogen and oxygen atoms in total. The molecule has 18 heavy (non-hydrogen) atoms. The molecule has 3 N–H and O–H groups in total. The smallest absolute Gasteiger partial charge is 0.0407 e. The van der Waals surface area contributed by atoms with E-state index in [4.69, 9.17) is 5.73 Å². The Kier molecular flexibility index (Phi) is 3.42. The van der Waals surface area contributed by atoms with Crippen LogP contribution in [-0.2, 0) is 0 Å². The molecular formula is C15H19N3. The van der Waals surface area contributed by atoms with Gasteiger partial charge < -0.3 is 16.0 Å². The van der Waals surface area contributed by atoms with Gasteiger partial charge in [-0.15, -0.1) is 0 Å². The fourth-order valence-electron chi connectivity index (χ4n) is 1.89. The highest BCUT2D eigenvalue weighted by Crippen LogP contribution is 2.22. The van der Waals surface area contributed by atoms with E-state index in [1.165, 1.54) is 5.69 Å². The number of nitrogen functional groups attached to an aromatic ring is 1. The Morgan fingerprint density at radius 3 is 2.17 bits per heavy atom. The van der Waals surface area contributed by atoms with Crippen molar-refractivity contribution < 1.29 is 0 Å². The van der Waals surface area contributed by atoms with E-state index in [2.05, 4.69) is 40.5 Å². The summed E-state index contributed by atoms with van der Waals surface area (Å²) < 4.78 is 0. The highest BCUT2D eigenvalue weighted by atomic mass is 15.1. The molecule has 0 saturated carbocycles. The molecule has 0 atom stereocenters. The Labute approximate surface area is 108 Å². The van der Waals surface area contributed by atoms with Crippen LogP contribution < -0.4 is 16.0 Å². The summed E-state index contributed by atoms with van der Waals surface area (Å²) in [6.07, 6.45) is 0. The van der Waals surface area contributed by atoms with Crippen LogP contribution in [0.1, 0.15) is 5.56 Å². The lowest BCUT2D eigenvalue weighted by atomic mass is 10.2. The van der Waals surface area contributed by atoms with Gasteiger partial charge in [-0.1, -0.05) is 0 Å². The first kappa shape index (κ1) is 12.3. The van der Waals surface area contributed by atoms with Gasteiger partial charge in [0, 0.05) is 36.8 Å². The number of rotatable bonds is 3. The average molecular weight is 241 g/mol. The van der Waals surface area contributed by atoms with Gasteiger partial charge in [0.15, 0.2) is 0 Å². The number of nitrogens with one attached hydrogen (secondary N) is 1. The molecule has 0 aliphatic rings. The van der Waals surface area contributed by atoms with Crippen LogP contribution in [0.5, 0.6) is 0 Å². The first-order chi connectivity index (χ1) is 8.54. The van der Waals surface area contributed by atoms with Gasteiger partial charge in [-0.3, -0.25) is 0 Å². The van der Waals surface area contributed by atoms with Crippen molar-refractivity contribution in [3.05, 3.63) is 48.0 Å². The molecule has 94 valence electrons. The van der Waals surface area contributed by atoms with Crippen LogP contribution in [0, 0.1) is 6.92 Å². The molecular weight excluding hydrogens is 222 g/mol. The predicted molar refractivity (Wildman–Crippen MR) is 79.6 cm³/mol. The van der Waals surface area contributed by atoms with Crippen molar-refractivity contribution in [1.82, 2.24) is 0 Å². The van der Waals surface area contributed by atoms with Crippen LogP contribution in [-0.4, -0.2) is 14.1 Å². The van der Waals surface area contributed by atoms with E-state index in [9.17, 15) is 0 Å². The van der Waals surface area contributed by atoms with Gasteiger partial charge in [0.05, 0.1) is 0 Å². The summed E-state index contributed by atoms with van der Waals surface area (Å²) in [6.45, 7) is 2.04. The maximum Gasteiger partial charge on any atom is 0.0407 e. The Bertz CT molecular complexity index is 510. The minimum absolute atomic E-state index is 0.780. The lowest BCUT2D eigenvalue weighted by Gasteiger charge is -2.13. The first-order valence-electron chi connectivity index (χ1n) is 5.96. The minimum atomic E-state index is 0.780. The van der Waals surface area contributed by atoms with Crippen molar-refractivity contribution in [1.29, 1.82) is 0 Å². The van der Waals surface area contributed by atoms with Crippen LogP contribution >= 0.6 is 0 Å². The van der Waals surface area contributed by atoms with Crippen LogP contribution in [0.15, 0.2) is 42.5 Å². The van der Waals surface area contributed by atoms with E-state index in [0.29, 0.717) is 0 Å². The van der Waals surface area contributed by atoms with Crippen molar-refractivity contribution in [3.63, 3.8) is 0 Å². The Balaban J connectivity index is 2.18. The van der Waals surface area contributed by atoms with E-state index >= 15 is 0 Å². The number of nitrogens with zero attached hydrogens (tertiary/aromatic N) is 1. The summed E-state index contributed by atoms with van der Waals surface area (Å²) in [5.74, 6) is 0. The van der Waals surface area contributed by atoms with Gasteiger partial charge in [0.1, 0.15) is 0 Å². The van der Waals surface area contributed by atoms with Gasteiger partial charge >= 0.3 is 0 Å². The molecule has 0 unspecified atom stereocenters. The minimum Gasteiger partial charge on any atom is -0.399 e. The fraction of sp³-hybridized carbons (Fsp3) is 0.200. The van der Waals surface area contributed by atoms with E-state index in [1.807, 2.05) is 33.2 Å². The molecule has 2 aromatic carbocycles. The van der Waals surface area contributed by atoms with E-state index < -0.39 is 0 Å². The van der Waals surface area contributed by atoms with Gasteiger partial charge in [-0.2, -0.15) is 0 Å². The molecule has 0 fully saturated rings. The molecule has 0 spiro atoms. The number of benzene rings is 2. The van der Waals surface area contributed by atoms with Crippen LogP contribution in [0.4, 0.5) is 22.7 Å². The summed E-state index contributed by atoms with van der Waals surface area (Å²) in [5, 5.41) is 3.35. The standard InChI is InChI=1S/C15H19N3/c1-11-8-12(16)10-14(9-11)17-13-4-6-15(7-5-13)18(2)3/h4-10,17H,16H2,1-3H3. The van der Waals surface area contributed by atoms with Gasteiger partial charge in [-0.25, -0.2) is 0 Å². The zero-order valence-corrected chi connectivity index (χ0v) is 11.1. The zero-order chi connectivity index (χ0) is 13.1. The summed E-state index contributed by atoms with van der Waals surface area (Å²) in [6, 6.07) is 14.3. The lowest BCUT2D eigenvalue weighted by molar-refractivity contribution is 1.13. The van der Waals surface area contributed by atoms with E-state index in [0.717, 1.165) is 22.6 Å². The maximum atomic E-state index is 5.83. The highest BCUT2D eigenvalue weighted by Gasteiger charge is 1.99. The molecule has 0 aliphatic carbocycles. The topological polar surface area (TPSA) is 41.3 Å². The second kappa shape index (κ2) is 5.00. The molecule has 0 aliphatic heterocycles. The van der Waals surface area contributed by atoms with Gasteiger partial charge in [0.25, 0.3) is 0 Å². The third kappa shape index (κ3) is 2.94. The van der Waals surface area contributed by atoms with Crippen molar-refractivity contribution in [2.24, 2.45) is 0 Å². The third-order valence-corrected chi connectivity index (χ3v) is 2.77. The summed E-state index contributed by atoms with van der Waals surface area (Å²) in [4.78, 5) is 2.08. The van der Waals surface area contributed by atoms with Crippen molar-refractivity contribution in [2.45, 2.75) is 6.92 Å². The quantitative estimate of drug-likeness (QED) is 0.809. The molecule has 2 rings (SSSR count). The van der Waals surface area contributed by atoms with Crippen molar-refractivity contribution >= 4 is 22.7 Å². The molecule has 0 radical (unpaired) electrons. The number of hydrogen-bond acceptors (Lipinski definition) is 3. The molecule has 0 saturated heterocycles. The normalized spacial score (nSPS) is 10.2. The molecule has 0 aromatic heterocycles. The Morgan fingerprint density at radius 1 is 0.944 bits per heavy atom. The first-order valence-corrected chi connectivity index (χ1v) is 5.96. The Morgan fingerprint density at radius 2 is 1.61 bits per heavy atom. The predicted octanol–water partition coefficient (Wildman–Crippen LogP) is 3.39. The van der Waals surface area contributed by atoms with Crippen LogP contribution in [0.25, 0.3) is 0 Å². The zero-order valence-electron chi connectivity index (χ0n) is 11.1. The molecule has 2 aromatic rings. The van der Waals surface area contributed by atoms with E-state index in [1.54, 1.807) is 0 Å². The lowest BCUT2D eigenvalue weighted by Crippen LogP contribution is -2.08. The number of aryl methyl sites for hydroxylation is 1. The van der Waals surface area contributed by atoms with Crippen LogP contribution in [0.2, 0.25) is 0 Å². The summed E-state index contributed by atoms with van der Waals surface area (Å²) >= 11 is 0. The number of hydrogen-bond donors (Lipinski definition) is 2. The number of nitrogens with two attached hydrogens (primary N) is 1. The largest absolute Gasteiger partial charge is 0.399 e. The molecule has 3 heteroatoms. The van der Waals surface area contributed by atoms with Gasteiger partial charge in [-0.05, 0) is 55.0 Å². The third-order valence-electron chi connectivity index (χ3n) is 2.77. The second-order valence-electron chi connectivity index (χ2n) is 4.70. The van der Waals surface area contributed by atoms with Crippen molar-refractivity contribution in [3.8, 4) is 0 Å². The molecule has 0 bridgehead atoms. The monoisotopic (exact) mass is 241 g/mol. The second-order valence-corrected chi connectivity index (χ2v) is 4.70. The van der Waals surface area contributed by atoms with Crippen molar-refractivity contribution in [2.75, 3.05) is 30.0 Å². The van der Waals surface area contributed by atoms with E-state index in [-0.39, 0.29) is 0 Å². The van der Waals surface area contributed by atoms with Gasteiger partial charge in [0.2, 0.25) is 0 Å². The summed E-state index contributed by atoms with van der Waals surface area (Å²) in [5.41, 5.74) is 11.0. The average Bonchev–Trinajstić information content (AvgIpc) is 2.28. The summed E-state index contributed by atoms with van der Waals surface area (Å²) in [7, 11) is 4.06.